The first-order chi connectivity index (χ1) is 6.88. The third kappa shape index (κ3) is 7.52. The van der Waals surface area contributed by atoms with Crippen molar-refractivity contribution in [3.8, 4) is 0 Å². The number of carbonyl (C=O) groups is 1. The Morgan fingerprint density at radius 1 is 1.33 bits per heavy atom. The minimum atomic E-state index is -4.00. The molecule has 0 aliphatic rings. The van der Waals surface area contributed by atoms with Gasteiger partial charge in [0.15, 0.2) is 0 Å². The second-order valence-electron chi connectivity index (χ2n) is 2.48. The number of carbonyl (C=O) groups excluding carboxylic acids is 1. The van der Waals surface area contributed by atoms with Crippen LogP contribution in [0, 0.1) is 0 Å². The Labute approximate surface area is 106 Å². The van der Waals surface area contributed by atoms with Crippen LogP contribution in [0.5, 0.6) is 0 Å². The van der Waals surface area contributed by atoms with Crippen LogP contribution in [0.2, 0.25) is 0 Å². The van der Waals surface area contributed by atoms with Crippen LogP contribution in [0.1, 0.15) is 0 Å². The summed E-state index contributed by atoms with van der Waals surface area (Å²) in [6.45, 7) is 0. The number of hydrogen-bond acceptors (Lipinski definition) is 4. The largest absolute Gasteiger partial charge is 0.294 e. The van der Waals surface area contributed by atoms with Gasteiger partial charge in [-0.25, -0.2) is 0 Å². The number of hydrogen-bond donors (Lipinski definition) is 1. The van der Waals surface area contributed by atoms with E-state index in [1.165, 1.54) is 19.2 Å². The number of methoxy groups -OCH3 is 1. The van der Waals surface area contributed by atoms with Gasteiger partial charge in [-0.2, -0.15) is 8.42 Å². The second kappa shape index (κ2) is 6.97. The van der Waals surface area contributed by atoms with Crippen LogP contribution in [0.25, 0.3) is 0 Å². The Bertz CT molecular complexity index is 400. The maximum absolute atomic E-state index is 10.4. The molecule has 1 aromatic carbocycles. The molecule has 0 fully saturated rings. The first-order valence-electron chi connectivity index (χ1n) is 3.95. The van der Waals surface area contributed by atoms with Gasteiger partial charge >= 0.3 is 47.8 Å². The Balaban J connectivity index is 0.000000336. The molecule has 0 heterocycles. The molecule has 1 N–H and O–H groups in total. The van der Waals surface area contributed by atoms with Gasteiger partial charge in [-0.05, 0) is 12.1 Å². The van der Waals surface area contributed by atoms with Gasteiger partial charge in [-0.15, -0.1) is 0 Å². The summed E-state index contributed by atoms with van der Waals surface area (Å²) in [7, 11) is -2.62. The van der Waals surface area contributed by atoms with Gasteiger partial charge in [0.1, 0.15) is 0 Å². The third-order valence-corrected chi connectivity index (χ3v) is 2.60. The molecule has 78 valence electrons. The van der Waals surface area contributed by atoms with E-state index in [9.17, 15) is 13.2 Å². The van der Waals surface area contributed by atoms with Gasteiger partial charge in [-0.1, -0.05) is 18.2 Å². The van der Waals surface area contributed by atoms with E-state index in [0.717, 1.165) is 0 Å². The summed E-state index contributed by atoms with van der Waals surface area (Å²) in [4.78, 5) is 9.58. The topological polar surface area (TPSA) is 80.7 Å². The van der Waals surface area contributed by atoms with E-state index in [0.29, 0.717) is 27.9 Å². The molecule has 0 aliphatic heterocycles. The van der Waals surface area contributed by atoms with E-state index in [4.69, 9.17) is 4.55 Å². The summed E-state index contributed by atoms with van der Waals surface area (Å²) in [5.41, 5.74) is 0. The molecular formula is C8H9NaO5S. The van der Waals surface area contributed by atoms with Gasteiger partial charge in [0.25, 0.3) is 10.1 Å². The van der Waals surface area contributed by atoms with Crippen LogP contribution in [-0.4, -0.2) is 51.2 Å². The van der Waals surface area contributed by atoms with E-state index in [1.807, 2.05) is 0 Å². The minimum absolute atomic E-state index is 0.0741. The Morgan fingerprint density at radius 3 is 1.93 bits per heavy atom. The molecule has 0 saturated carbocycles. The monoisotopic (exact) mass is 240 g/mol. The van der Waals surface area contributed by atoms with Gasteiger partial charge in [-0.3, -0.25) is 4.55 Å². The van der Waals surface area contributed by atoms with Crippen molar-refractivity contribution < 1.29 is 22.5 Å². The average molecular weight is 240 g/mol. The number of rotatable bonds is 1. The molecule has 0 amide bonds. The zero-order valence-corrected chi connectivity index (χ0v) is 11.2. The fourth-order valence-corrected chi connectivity index (χ4v) is 1.09. The van der Waals surface area contributed by atoms with Crippen molar-refractivity contribution in [1.29, 1.82) is 0 Å². The first kappa shape index (κ1) is 14.6. The van der Waals surface area contributed by atoms with Crippen LogP contribution in [0.4, 0.5) is 4.79 Å². The molecular weight excluding hydrogens is 231 g/mol. The number of benzene rings is 1. The third-order valence-electron chi connectivity index (χ3n) is 1.33. The maximum atomic E-state index is 10.4. The first-order valence-corrected chi connectivity index (χ1v) is 6.39. The summed E-state index contributed by atoms with van der Waals surface area (Å²) >= 11 is 0.508. The van der Waals surface area contributed by atoms with E-state index in [1.54, 1.807) is 18.2 Å². The Morgan fingerprint density at radius 2 is 1.73 bits per heavy atom. The minimum Gasteiger partial charge on any atom is -0.282 e. The fourth-order valence-electron chi connectivity index (χ4n) is 0.592. The molecule has 1 rings (SSSR count). The van der Waals surface area contributed by atoms with Crippen molar-refractivity contribution in [1.82, 2.24) is 0 Å². The summed E-state index contributed by atoms with van der Waals surface area (Å²) < 4.78 is 33.3. The molecule has 7 heteroatoms. The molecule has 15 heavy (non-hydrogen) atoms. The van der Waals surface area contributed by atoms with Crippen molar-refractivity contribution in [3.05, 3.63) is 30.3 Å². The van der Waals surface area contributed by atoms with Crippen LogP contribution in [0.15, 0.2) is 35.2 Å². The van der Waals surface area contributed by atoms with Crippen molar-refractivity contribution in [2.75, 3.05) is 7.11 Å². The van der Waals surface area contributed by atoms with Crippen molar-refractivity contribution in [3.63, 3.8) is 0 Å². The standard InChI is InChI=1S/C6H6O3S.C2H3O2.Na/c7-10(8,9)6-4-2-1-3-5-6;1-4-2-3;/h1-5H,(H,7,8,9);1H3;. The molecule has 0 saturated heterocycles. The summed E-state index contributed by atoms with van der Waals surface area (Å²) in [5.74, 6) is 0. The van der Waals surface area contributed by atoms with Crippen molar-refractivity contribution in [2.24, 2.45) is 0 Å². The quantitative estimate of drug-likeness (QED) is 0.581. The SMILES string of the molecule is CO[C](=O)[Na].O=S(=O)(O)c1ccccc1. The zero-order chi connectivity index (χ0) is 11.9. The molecule has 0 unspecified atom stereocenters. The van der Waals surface area contributed by atoms with Crippen molar-refractivity contribution in [2.45, 2.75) is 4.90 Å². The van der Waals surface area contributed by atoms with Crippen LogP contribution < -0.4 is 0 Å². The fraction of sp³-hybridized carbons (Fsp3) is 0.125. The zero-order valence-electron chi connectivity index (χ0n) is 8.38. The van der Waals surface area contributed by atoms with Gasteiger partial charge in [0.2, 0.25) is 0 Å². The van der Waals surface area contributed by atoms with Gasteiger partial charge < -0.3 is 0 Å². The summed E-state index contributed by atoms with van der Waals surface area (Å²) in [6, 6.07) is 7.42. The molecule has 1 aromatic rings. The molecule has 5 nitrogen and oxygen atoms in total. The Kier molecular flexibility index (Phi) is 6.78. The van der Waals surface area contributed by atoms with Crippen LogP contribution >= 0.6 is 0 Å². The smallest absolute Gasteiger partial charge is 0.282 e. The van der Waals surface area contributed by atoms with Crippen molar-refractivity contribution >= 4 is 41.3 Å². The predicted octanol–water partition coefficient (Wildman–Crippen LogP) is 0.855. The van der Waals surface area contributed by atoms with Gasteiger partial charge in [0.05, 0.1) is 4.90 Å². The van der Waals surface area contributed by atoms with E-state index in [2.05, 4.69) is 4.74 Å². The molecule has 0 atom stereocenters. The predicted molar refractivity (Wildman–Crippen MR) is 54.4 cm³/mol. The van der Waals surface area contributed by atoms with Gasteiger partial charge in [0, 0.05) is 0 Å². The van der Waals surface area contributed by atoms with E-state index in [-0.39, 0.29) is 8.11 Å². The van der Waals surface area contributed by atoms with Crippen LogP contribution in [0.3, 0.4) is 0 Å². The summed E-state index contributed by atoms with van der Waals surface area (Å²) in [6.07, 6.45) is 0. The second-order valence-corrected chi connectivity index (χ2v) is 4.72. The molecule has 0 aliphatic carbocycles. The van der Waals surface area contributed by atoms with Crippen LogP contribution in [-0.2, 0) is 14.9 Å². The number of ether oxygens (including phenoxy) is 1. The molecule has 0 bridgehead atoms. The van der Waals surface area contributed by atoms with E-state index < -0.39 is 10.1 Å². The van der Waals surface area contributed by atoms with E-state index >= 15 is 0 Å². The molecule has 0 spiro atoms. The normalized spacial score (nSPS) is 9.87. The molecule has 0 radical (unpaired) electrons. The summed E-state index contributed by atoms with van der Waals surface area (Å²) in [5, 5.41) is 0. The average Bonchev–Trinajstić information content (AvgIpc) is 2.19. The maximum Gasteiger partial charge on any atom is 0.294 e. The Hall–Kier alpha value is -0.400. The molecule has 0 aromatic heterocycles.